The van der Waals surface area contributed by atoms with Gasteiger partial charge < -0.3 is 9.80 Å². The van der Waals surface area contributed by atoms with Gasteiger partial charge in [0.2, 0.25) is 0 Å². The van der Waals surface area contributed by atoms with Gasteiger partial charge in [0.05, 0.1) is 0 Å². The maximum absolute atomic E-state index is 2.53. The van der Waals surface area contributed by atoms with E-state index in [1.807, 2.05) is 0 Å². The first-order valence-corrected chi connectivity index (χ1v) is 22.0. The molecule has 286 valence electrons. The number of anilines is 6. The second-order valence-corrected chi connectivity index (χ2v) is 17.5. The third-order valence-electron chi connectivity index (χ3n) is 14.1. The molecule has 2 heteroatoms. The summed E-state index contributed by atoms with van der Waals surface area (Å²) in [4.78, 5) is 4.84. The lowest BCUT2D eigenvalue weighted by Crippen LogP contribution is -2.13. The molecule has 6 aliphatic carbocycles. The third-order valence-corrected chi connectivity index (χ3v) is 14.1. The SMILES string of the molecule is c1ccc(N(c2cccc(-c3ccc4c(c3)C3CCCC4CC3)c2)c2cccc(N(c3ccccc3)c3cccc(-c4ccc5c(c4)C4CCCC5CC4)c3)c2)cc1. The smallest absolute Gasteiger partial charge is 0.0482 e. The van der Waals surface area contributed by atoms with Crippen LogP contribution in [0.2, 0.25) is 0 Å². The summed E-state index contributed by atoms with van der Waals surface area (Å²) in [5.74, 6) is 2.92. The Hall–Kier alpha value is -5.86. The van der Waals surface area contributed by atoms with Crippen LogP contribution in [0.25, 0.3) is 22.3 Å². The van der Waals surface area contributed by atoms with Gasteiger partial charge in [-0.25, -0.2) is 0 Å². The first-order chi connectivity index (χ1) is 28.7. The summed E-state index contributed by atoms with van der Waals surface area (Å²) in [6.45, 7) is 0. The maximum atomic E-state index is 2.53. The molecule has 4 atom stereocenters. The van der Waals surface area contributed by atoms with Gasteiger partial charge in [-0.3, -0.25) is 0 Å². The summed E-state index contributed by atoms with van der Waals surface area (Å²) in [6, 6.07) is 63.9. The zero-order valence-electron chi connectivity index (χ0n) is 33.4. The number of hydrogen-bond donors (Lipinski definition) is 0. The molecule has 58 heavy (non-hydrogen) atoms. The minimum Gasteiger partial charge on any atom is -0.310 e. The van der Waals surface area contributed by atoms with Crippen molar-refractivity contribution in [1.82, 2.24) is 0 Å². The van der Waals surface area contributed by atoms with Gasteiger partial charge in [-0.1, -0.05) is 116 Å². The van der Waals surface area contributed by atoms with Gasteiger partial charge in [0.25, 0.3) is 0 Å². The van der Waals surface area contributed by atoms with E-state index < -0.39 is 0 Å². The lowest BCUT2D eigenvalue weighted by molar-refractivity contribution is 0.527. The van der Waals surface area contributed by atoms with Gasteiger partial charge in [-0.05, 0) is 186 Å². The molecule has 0 saturated heterocycles. The molecule has 4 unspecified atom stereocenters. The van der Waals surface area contributed by atoms with Crippen molar-refractivity contribution in [1.29, 1.82) is 0 Å². The van der Waals surface area contributed by atoms with Crippen LogP contribution in [0.3, 0.4) is 0 Å². The maximum Gasteiger partial charge on any atom is 0.0482 e. The van der Waals surface area contributed by atoms with Gasteiger partial charge in [0.15, 0.2) is 0 Å². The molecule has 13 rings (SSSR count). The Bertz CT molecular complexity index is 2390. The van der Waals surface area contributed by atoms with E-state index in [9.17, 15) is 0 Å². The first kappa shape index (κ1) is 35.3. The van der Waals surface area contributed by atoms with Crippen LogP contribution in [-0.4, -0.2) is 0 Å². The van der Waals surface area contributed by atoms with Crippen LogP contribution in [0.15, 0.2) is 170 Å². The lowest BCUT2D eigenvalue weighted by Gasteiger charge is -2.30. The van der Waals surface area contributed by atoms with Crippen LogP contribution in [0.1, 0.15) is 110 Å². The molecule has 2 saturated carbocycles. The van der Waals surface area contributed by atoms with Crippen molar-refractivity contribution < 1.29 is 0 Å². The normalized spacial score (nSPS) is 20.4. The van der Waals surface area contributed by atoms with E-state index in [2.05, 4.69) is 180 Å². The average Bonchev–Trinajstić information content (AvgIpc) is 3.82. The van der Waals surface area contributed by atoms with Crippen LogP contribution >= 0.6 is 0 Å². The molecule has 0 N–H and O–H groups in total. The monoisotopic (exact) mass is 752 g/mol. The largest absolute Gasteiger partial charge is 0.310 e. The van der Waals surface area contributed by atoms with Crippen molar-refractivity contribution in [2.24, 2.45) is 0 Å². The third kappa shape index (κ3) is 6.53. The molecule has 6 aliphatic rings. The van der Waals surface area contributed by atoms with Crippen molar-refractivity contribution >= 4 is 34.1 Å². The van der Waals surface area contributed by atoms with Crippen molar-refractivity contribution in [2.75, 3.05) is 9.80 Å². The summed E-state index contributed by atoms with van der Waals surface area (Å²) >= 11 is 0. The second-order valence-electron chi connectivity index (χ2n) is 17.5. The van der Waals surface area contributed by atoms with Crippen LogP contribution in [0.4, 0.5) is 34.1 Å². The van der Waals surface area contributed by atoms with E-state index >= 15 is 0 Å². The van der Waals surface area contributed by atoms with Crippen molar-refractivity contribution in [2.45, 2.75) is 87.9 Å². The van der Waals surface area contributed by atoms with Crippen molar-refractivity contribution in [3.8, 4) is 22.3 Å². The van der Waals surface area contributed by atoms with Gasteiger partial charge in [-0.15, -0.1) is 0 Å². The van der Waals surface area contributed by atoms with E-state index in [4.69, 9.17) is 0 Å². The fourth-order valence-electron chi connectivity index (χ4n) is 11.3. The highest BCUT2D eigenvalue weighted by molar-refractivity contribution is 5.85. The number of nitrogens with zero attached hydrogens (tertiary/aromatic N) is 2. The molecule has 0 radical (unpaired) electrons. The van der Waals surface area contributed by atoms with Gasteiger partial charge >= 0.3 is 0 Å². The number of hydrogen-bond acceptors (Lipinski definition) is 2. The Morgan fingerprint density at radius 3 is 1.03 bits per heavy atom. The molecule has 7 aromatic rings. The molecule has 7 aromatic carbocycles. The van der Waals surface area contributed by atoms with Gasteiger partial charge in [-0.2, -0.15) is 0 Å². The average molecular weight is 753 g/mol. The minimum absolute atomic E-state index is 0.714. The highest BCUT2D eigenvalue weighted by atomic mass is 15.2. The summed E-state index contributed by atoms with van der Waals surface area (Å²) in [6.07, 6.45) is 13.5. The van der Waals surface area contributed by atoms with Crippen LogP contribution < -0.4 is 9.80 Å². The van der Waals surface area contributed by atoms with E-state index in [1.165, 1.54) is 86.5 Å². The molecule has 0 spiro atoms. The Kier molecular flexibility index (Phi) is 9.22. The van der Waals surface area contributed by atoms with Gasteiger partial charge in [0.1, 0.15) is 0 Å². The second kappa shape index (κ2) is 15.1. The lowest BCUT2D eigenvalue weighted by atomic mass is 9.77. The number of rotatable bonds is 8. The Morgan fingerprint density at radius 2 is 0.603 bits per heavy atom. The predicted octanol–water partition coefficient (Wildman–Crippen LogP) is 16.2. The molecular weight excluding hydrogens is 701 g/mol. The summed E-state index contributed by atoms with van der Waals surface area (Å²) in [7, 11) is 0. The van der Waals surface area contributed by atoms with E-state index in [0.29, 0.717) is 11.8 Å². The molecule has 0 aromatic heterocycles. The standard InChI is InChI=1S/C56H52N2/c1-3-18-47(19-4-1)57(49-22-9-16-43(34-49)45-30-32-53-39-12-7-14-41(28-26-39)55(53)36-45)51-24-11-25-52(38-51)58(48-20-5-2-6-21-48)50-23-10-17-44(35-50)46-31-33-54-40-13-8-15-42(29-27-40)56(54)37-46/h1-6,9-11,16-25,30-42H,7-8,12-15,26-29H2. The predicted molar refractivity (Wildman–Crippen MR) is 244 cm³/mol. The van der Waals surface area contributed by atoms with Crippen LogP contribution in [-0.2, 0) is 0 Å². The van der Waals surface area contributed by atoms with Gasteiger partial charge in [0, 0.05) is 34.1 Å². The summed E-state index contributed by atoms with van der Waals surface area (Å²) in [5.41, 5.74) is 18.5. The van der Waals surface area contributed by atoms with Crippen molar-refractivity contribution in [3.05, 3.63) is 192 Å². The molecule has 2 fully saturated rings. The highest BCUT2D eigenvalue weighted by Crippen LogP contribution is 2.50. The number of fused-ring (bicyclic) bond motifs is 6. The fourth-order valence-corrected chi connectivity index (χ4v) is 11.3. The Morgan fingerprint density at radius 1 is 0.259 bits per heavy atom. The Balaban J connectivity index is 0.984. The molecular formula is C56H52N2. The summed E-state index contributed by atoms with van der Waals surface area (Å²) in [5, 5.41) is 0. The topological polar surface area (TPSA) is 6.48 Å². The quantitative estimate of drug-likeness (QED) is 0.153. The zero-order valence-corrected chi connectivity index (χ0v) is 33.4. The first-order valence-electron chi connectivity index (χ1n) is 22.0. The minimum atomic E-state index is 0.714. The summed E-state index contributed by atoms with van der Waals surface area (Å²) < 4.78 is 0. The zero-order chi connectivity index (χ0) is 38.4. The van der Waals surface area contributed by atoms with E-state index in [1.54, 1.807) is 22.3 Å². The van der Waals surface area contributed by atoms with E-state index in [-0.39, 0.29) is 0 Å². The van der Waals surface area contributed by atoms with Crippen molar-refractivity contribution in [3.63, 3.8) is 0 Å². The Labute approximate surface area is 344 Å². The van der Waals surface area contributed by atoms with Crippen LogP contribution in [0.5, 0.6) is 0 Å². The molecule has 4 bridgehead atoms. The van der Waals surface area contributed by atoms with Crippen LogP contribution in [0, 0.1) is 0 Å². The molecule has 0 amide bonds. The van der Waals surface area contributed by atoms with E-state index in [0.717, 1.165) is 46.0 Å². The molecule has 0 heterocycles. The fraction of sp³-hybridized carbons (Fsp3) is 0.250. The number of benzene rings is 7. The molecule has 2 nitrogen and oxygen atoms in total. The molecule has 0 aliphatic heterocycles. The number of para-hydroxylation sites is 2. The highest BCUT2D eigenvalue weighted by Gasteiger charge is 2.32.